The highest BCUT2D eigenvalue weighted by Gasteiger charge is 2.51. The fourth-order valence-corrected chi connectivity index (χ4v) is 2.71. The number of hydrogen-bond acceptors (Lipinski definition) is 6. The number of aliphatic carboxylic acids is 2. The number of rotatable bonds is 7. The highest BCUT2D eigenvalue weighted by Crippen LogP contribution is 2.36. The molecule has 26 heavy (non-hydrogen) atoms. The second-order valence-corrected chi connectivity index (χ2v) is 5.84. The van der Waals surface area contributed by atoms with Crippen LogP contribution in [0.1, 0.15) is 46.5 Å². The normalized spacial score (nSPS) is 20.2. The Bertz CT molecular complexity index is 528. The summed E-state index contributed by atoms with van der Waals surface area (Å²) in [7, 11) is 0. The zero-order valence-corrected chi connectivity index (χ0v) is 15.2. The van der Waals surface area contributed by atoms with Gasteiger partial charge < -0.3 is 15.3 Å². The third kappa shape index (κ3) is 6.10. The first-order valence-corrected chi connectivity index (χ1v) is 8.41. The second kappa shape index (κ2) is 11.2. The van der Waals surface area contributed by atoms with Crippen LogP contribution in [0, 0.1) is 11.3 Å². The highest BCUT2D eigenvalue weighted by atomic mass is 16.4. The quantitative estimate of drug-likeness (QED) is 0.237. The lowest BCUT2D eigenvalue weighted by Gasteiger charge is -2.39. The van der Waals surface area contributed by atoms with Crippen molar-refractivity contribution in [1.82, 2.24) is 10.6 Å². The van der Waals surface area contributed by atoms with Gasteiger partial charge in [0.15, 0.2) is 0 Å². The Morgan fingerprint density at radius 1 is 1.12 bits per heavy atom. The molecule has 2 amide bonds. The summed E-state index contributed by atoms with van der Waals surface area (Å²) in [5.74, 6) is -4.01. The molecule has 5 N–H and O–H groups in total. The average molecular weight is 373 g/mol. The van der Waals surface area contributed by atoms with E-state index in [1.807, 2.05) is 20.8 Å². The van der Waals surface area contributed by atoms with Crippen molar-refractivity contribution in [2.75, 3.05) is 13.2 Å². The molecule has 1 heterocycles. The Morgan fingerprint density at radius 3 is 1.96 bits per heavy atom. The Morgan fingerprint density at radius 2 is 1.62 bits per heavy atom. The molecule has 0 aliphatic carbocycles. The monoisotopic (exact) mass is 373 g/mol. The summed E-state index contributed by atoms with van der Waals surface area (Å²) >= 11 is 0. The van der Waals surface area contributed by atoms with E-state index < -0.39 is 17.4 Å². The van der Waals surface area contributed by atoms with E-state index in [0.29, 0.717) is 19.4 Å². The molecular weight excluding hydrogens is 346 g/mol. The molecule has 1 aliphatic heterocycles. The molecule has 148 valence electrons. The lowest BCUT2D eigenvalue weighted by atomic mass is 9.70. The van der Waals surface area contributed by atoms with Gasteiger partial charge in [-0.05, 0) is 25.2 Å². The summed E-state index contributed by atoms with van der Waals surface area (Å²) in [6.07, 6.45) is 2.72. The van der Waals surface area contributed by atoms with Crippen LogP contribution in [0.4, 0.5) is 0 Å². The molecule has 1 unspecified atom stereocenters. The number of carboxylic acid groups (broad SMARTS) is 2. The number of aliphatic imine (C=N–C) groups is 1. The van der Waals surface area contributed by atoms with E-state index in [0.717, 1.165) is 12.8 Å². The van der Waals surface area contributed by atoms with Crippen LogP contribution in [0.5, 0.6) is 0 Å². The van der Waals surface area contributed by atoms with Crippen molar-refractivity contribution in [3.05, 3.63) is 0 Å². The first-order chi connectivity index (χ1) is 12.2. The van der Waals surface area contributed by atoms with Crippen LogP contribution in [-0.4, -0.2) is 58.2 Å². The van der Waals surface area contributed by atoms with Crippen molar-refractivity contribution in [3.63, 3.8) is 0 Å². The van der Waals surface area contributed by atoms with Crippen LogP contribution in [0.15, 0.2) is 4.99 Å². The second-order valence-electron chi connectivity index (χ2n) is 5.84. The number of hydrogen-bond donors (Lipinski definition) is 5. The van der Waals surface area contributed by atoms with Crippen molar-refractivity contribution in [2.45, 2.75) is 46.5 Å². The molecule has 10 nitrogen and oxygen atoms in total. The summed E-state index contributed by atoms with van der Waals surface area (Å²) in [6, 6.07) is 0. The van der Waals surface area contributed by atoms with Crippen molar-refractivity contribution < 1.29 is 34.5 Å². The Labute approximate surface area is 151 Å². The number of nitrogens with zero attached hydrogens (tertiary/aromatic N) is 1. The lowest BCUT2D eigenvalue weighted by Crippen LogP contribution is -2.65. The highest BCUT2D eigenvalue weighted by molar-refractivity contribution is 6.27. The molecule has 1 aliphatic rings. The van der Waals surface area contributed by atoms with Gasteiger partial charge >= 0.3 is 11.9 Å². The van der Waals surface area contributed by atoms with E-state index in [1.54, 1.807) is 0 Å². The summed E-state index contributed by atoms with van der Waals surface area (Å²) in [6.45, 7) is 6.25. The maximum absolute atomic E-state index is 12.4. The summed E-state index contributed by atoms with van der Waals surface area (Å²) < 4.78 is 0. The van der Waals surface area contributed by atoms with Gasteiger partial charge in [0.2, 0.25) is 17.8 Å². The van der Waals surface area contributed by atoms with Gasteiger partial charge in [-0.25, -0.2) is 9.59 Å². The van der Waals surface area contributed by atoms with Gasteiger partial charge in [-0.15, -0.1) is 0 Å². The molecule has 1 rings (SSSR count). The average Bonchev–Trinajstić information content (AvgIpc) is 2.56. The summed E-state index contributed by atoms with van der Waals surface area (Å²) in [4.78, 5) is 47.1. The smallest absolute Gasteiger partial charge is 0.414 e. The van der Waals surface area contributed by atoms with Gasteiger partial charge in [-0.1, -0.05) is 27.2 Å². The third-order valence-electron chi connectivity index (χ3n) is 4.16. The molecule has 1 saturated heterocycles. The largest absolute Gasteiger partial charge is 0.473 e. The summed E-state index contributed by atoms with van der Waals surface area (Å²) in [5.41, 5.74) is -1.01. The molecule has 0 aromatic rings. The van der Waals surface area contributed by atoms with Crippen molar-refractivity contribution >= 4 is 29.7 Å². The number of carbonyl (C=O) groups is 4. The fourth-order valence-electron chi connectivity index (χ4n) is 2.71. The van der Waals surface area contributed by atoms with E-state index in [4.69, 9.17) is 24.9 Å². The minimum atomic E-state index is -1.82. The molecular formula is C16H27N3O7. The molecule has 0 saturated carbocycles. The number of carboxylic acids is 2. The maximum atomic E-state index is 12.4. The topological polar surface area (TPSA) is 165 Å². The third-order valence-corrected chi connectivity index (χ3v) is 4.16. The van der Waals surface area contributed by atoms with Gasteiger partial charge in [0, 0.05) is 13.2 Å². The zero-order valence-electron chi connectivity index (χ0n) is 15.2. The SMILES string of the molecule is CCCC(C)C1(CC)C(=O)NC(=NCCCO)NC1=O.O=C(O)C(=O)O. The molecule has 0 aromatic heterocycles. The molecule has 0 bridgehead atoms. The number of amides is 2. The van der Waals surface area contributed by atoms with Crippen LogP contribution < -0.4 is 10.6 Å². The van der Waals surface area contributed by atoms with Crippen LogP contribution in [-0.2, 0) is 19.2 Å². The van der Waals surface area contributed by atoms with Gasteiger partial charge in [-0.2, -0.15) is 0 Å². The molecule has 0 aromatic carbocycles. The van der Waals surface area contributed by atoms with Gasteiger partial charge in [-0.3, -0.25) is 25.2 Å². The van der Waals surface area contributed by atoms with Crippen LogP contribution in [0.3, 0.4) is 0 Å². The predicted octanol–water partition coefficient (Wildman–Crippen LogP) is -0.0410. The lowest BCUT2D eigenvalue weighted by molar-refractivity contribution is -0.159. The maximum Gasteiger partial charge on any atom is 0.414 e. The van der Waals surface area contributed by atoms with E-state index in [2.05, 4.69) is 15.6 Å². The van der Waals surface area contributed by atoms with E-state index in [9.17, 15) is 9.59 Å². The number of guanidine groups is 1. The molecule has 0 radical (unpaired) electrons. The minimum absolute atomic E-state index is 0.0171. The van der Waals surface area contributed by atoms with E-state index in [-0.39, 0.29) is 30.3 Å². The van der Waals surface area contributed by atoms with Crippen LogP contribution in [0.2, 0.25) is 0 Å². The summed E-state index contributed by atoms with van der Waals surface area (Å²) in [5, 5.41) is 28.9. The van der Waals surface area contributed by atoms with Gasteiger partial charge in [0.05, 0.1) is 0 Å². The first-order valence-electron chi connectivity index (χ1n) is 8.41. The van der Waals surface area contributed by atoms with Crippen LogP contribution in [0.25, 0.3) is 0 Å². The Balaban J connectivity index is 0.000000896. The van der Waals surface area contributed by atoms with Crippen LogP contribution >= 0.6 is 0 Å². The number of nitrogens with one attached hydrogen (secondary N) is 2. The van der Waals surface area contributed by atoms with Crippen molar-refractivity contribution in [1.29, 1.82) is 0 Å². The van der Waals surface area contributed by atoms with Gasteiger partial charge in [0.1, 0.15) is 5.41 Å². The Hall–Kier alpha value is -2.49. The minimum Gasteiger partial charge on any atom is -0.473 e. The van der Waals surface area contributed by atoms with Crippen molar-refractivity contribution in [2.24, 2.45) is 16.3 Å². The van der Waals surface area contributed by atoms with E-state index >= 15 is 0 Å². The standard InChI is InChI=1S/C14H25N3O3.C2H2O4/c1-4-7-10(3)14(5-2)11(19)16-13(17-12(14)20)15-8-6-9-18;3-1(4)2(5)6/h10,18H,4-9H2,1-3H3,(H2,15,16,17,19,20);(H,3,4)(H,5,6). The number of carbonyl (C=O) groups excluding carboxylic acids is 2. The fraction of sp³-hybridized carbons (Fsp3) is 0.688. The number of aliphatic hydroxyl groups excluding tert-OH is 1. The van der Waals surface area contributed by atoms with E-state index in [1.165, 1.54) is 0 Å². The van der Waals surface area contributed by atoms with Gasteiger partial charge in [0.25, 0.3) is 0 Å². The first kappa shape index (κ1) is 23.5. The molecule has 1 atom stereocenters. The number of aliphatic hydroxyl groups is 1. The molecule has 0 spiro atoms. The molecule has 1 fully saturated rings. The zero-order chi connectivity index (χ0) is 20.3. The molecule has 10 heteroatoms. The Kier molecular flexibility index (Phi) is 10.1. The predicted molar refractivity (Wildman–Crippen MR) is 92.4 cm³/mol. The van der Waals surface area contributed by atoms with Crippen molar-refractivity contribution in [3.8, 4) is 0 Å².